The van der Waals surface area contributed by atoms with Crippen LogP contribution in [0.1, 0.15) is 36.0 Å². The van der Waals surface area contributed by atoms with Crippen molar-refractivity contribution in [3.8, 4) is 17.1 Å². The van der Waals surface area contributed by atoms with Crippen LogP contribution in [-0.2, 0) is 4.74 Å². The van der Waals surface area contributed by atoms with Gasteiger partial charge < -0.3 is 20.4 Å². The lowest BCUT2D eigenvalue weighted by molar-refractivity contribution is -0.345. The Labute approximate surface area is 186 Å². The summed E-state index contributed by atoms with van der Waals surface area (Å²) in [6.07, 6.45) is -0.290. The molecule has 0 spiro atoms. The molecule has 1 aliphatic carbocycles. The van der Waals surface area contributed by atoms with Gasteiger partial charge in [0.25, 0.3) is 5.91 Å². The summed E-state index contributed by atoms with van der Waals surface area (Å²) in [4.78, 5) is 28.5. The third kappa shape index (κ3) is 4.70. The normalized spacial score (nSPS) is 21.1. The minimum absolute atomic E-state index is 0.0282. The standard InChI is InChI=1S/C21H21F3N6O3/c22-21(23,24)33-12-3-1-11(2-4-12)28-20-27-10-15-14(9-26-17(15)30-20)16-6-5-13-18(31)25-7-8-32-19(13)29-16/h5-6,9-12H,1-4,7-8H2,(H,25,31)(H2,26,27,28,30)/t11-,12+. The number of nitrogens with zero attached hydrogens (tertiary/aromatic N) is 3. The fourth-order valence-electron chi connectivity index (χ4n) is 4.17. The number of halogens is 3. The van der Waals surface area contributed by atoms with Gasteiger partial charge in [0.05, 0.1) is 18.3 Å². The van der Waals surface area contributed by atoms with Crippen molar-refractivity contribution in [2.75, 3.05) is 18.5 Å². The summed E-state index contributed by atoms with van der Waals surface area (Å²) in [6.45, 7) is 0.754. The number of pyridine rings is 1. The largest absolute Gasteiger partial charge is 0.522 e. The Morgan fingerprint density at radius 3 is 2.73 bits per heavy atom. The SMILES string of the molecule is O=C1NCCOc2nc(-c3c[nH]c4nc(N[C@H]5CC[C@@H](OC(F)(F)F)CC5)ncc34)ccc21. The third-order valence-electron chi connectivity index (χ3n) is 5.75. The van der Waals surface area contributed by atoms with Gasteiger partial charge in [-0.1, -0.05) is 0 Å². The van der Waals surface area contributed by atoms with Crippen molar-refractivity contribution in [1.82, 2.24) is 25.3 Å². The summed E-state index contributed by atoms with van der Waals surface area (Å²) >= 11 is 0. The molecule has 3 aromatic rings. The zero-order valence-electron chi connectivity index (χ0n) is 17.4. The third-order valence-corrected chi connectivity index (χ3v) is 5.75. The van der Waals surface area contributed by atoms with Crippen LogP contribution in [0.2, 0.25) is 0 Å². The maximum absolute atomic E-state index is 12.4. The maximum Gasteiger partial charge on any atom is 0.522 e. The van der Waals surface area contributed by atoms with Gasteiger partial charge in [-0.2, -0.15) is 4.98 Å². The molecule has 9 nitrogen and oxygen atoms in total. The van der Waals surface area contributed by atoms with Crippen molar-refractivity contribution < 1.29 is 27.4 Å². The van der Waals surface area contributed by atoms with E-state index in [1.54, 1.807) is 24.5 Å². The van der Waals surface area contributed by atoms with Crippen LogP contribution >= 0.6 is 0 Å². The molecule has 12 heteroatoms. The Kier molecular flexibility index (Phi) is 5.52. The molecular weight excluding hydrogens is 441 g/mol. The smallest absolute Gasteiger partial charge is 0.475 e. The van der Waals surface area contributed by atoms with Gasteiger partial charge in [-0.3, -0.25) is 9.53 Å². The molecule has 174 valence electrons. The molecular formula is C21H21F3N6O3. The van der Waals surface area contributed by atoms with E-state index in [4.69, 9.17) is 4.74 Å². The Morgan fingerprint density at radius 2 is 1.94 bits per heavy atom. The number of H-pyrrole nitrogens is 1. The van der Waals surface area contributed by atoms with Crippen LogP contribution in [0.3, 0.4) is 0 Å². The van der Waals surface area contributed by atoms with Gasteiger partial charge in [0, 0.05) is 29.4 Å². The molecule has 0 saturated heterocycles. The van der Waals surface area contributed by atoms with Crippen LogP contribution in [0.4, 0.5) is 19.1 Å². The first-order valence-electron chi connectivity index (χ1n) is 10.6. The maximum atomic E-state index is 12.4. The van der Waals surface area contributed by atoms with Crippen LogP contribution in [0, 0.1) is 0 Å². The number of nitrogens with one attached hydrogen (secondary N) is 3. The predicted molar refractivity (Wildman–Crippen MR) is 112 cm³/mol. The summed E-state index contributed by atoms with van der Waals surface area (Å²) in [6, 6.07) is 3.38. The number of aromatic amines is 1. The quantitative estimate of drug-likeness (QED) is 0.545. The number of ether oxygens (including phenoxy) is 2. The molecule has 5 rings (SSSR count). The second-order valence-electron chi connectivity index (χ2n) is 7.99. The average molecular weight is 462 g/mol. The molecule has 0 atom stereocenters. The number of rotatable bonds is 4. The number of anilines is 1. The van der Waals surface area contributed by atoms with E-state index in [-0.39, 0.29) is 17.8 Å². The highest BCUT2D eigenvalue weighted by Crippen LogP contribution is 2.31. The monoisotopic (exact) mass is 462 g/mol. The zero-order valence-corrected chi connectivity index (χ0v) is 17.4. The van der Waals surface area contributed by atoms with Crippen molar-refractivity contribution in [1.29, 1.82) is 0 Å². The van der Waals surface area contributed by atoms with Crippen molar-refractivity contribution >= 4 is 22.9 Å². The highest BCUT2D eigenvalue weighted by molar-refractivity contribution is 5.98. The second-order valence-corrected chi connectivity index (χ2v) is 7.99. The van der Waals surface area contributed by atoms with E-state index in [1.165, 1.54) is 0 Å². The fourth-order valence-corrected chi connectivity index (χ4v) is 4.17. The predicted octanol–water partition coefficient (Wildman–Crippen LogP) is 3.40. The number of alkyl halides is 3. The van der Waals surface area contributed by atoms with Crippen LogP contribution < -0.4 is 15.4 Å². The molecule has 2 aliphatic rings. The van der Waals surface area contributed by atoms with Gasteiger partial charge in [0.2, 0.25) is 11.8 Å². The molecule has 1 saturated carbocycles. The average Bonchev–Trinajstić information content (AvgIpc) is 3.11. The van der Waals surface area contributed by atoms with Gasteiger partial charge in [-0.25, -0.2) is 9.97 Å². The van der Waals surface area contributed by atoms with E-state index >= 15 is 0 Å². The number of fused-ring (bicyclic) bond motifs is 2. The lowest BCUT2D eigenvalue weighted by Gasteiger charge is -2.29. The summed E-state index contributed by atoms with van der Waals surface area (Å²) in [5.41, 5.74) is 2.35. The van der Waals surface area contributed by atoms with Crippen molar-refractivity contribution in [3.63, 3.8) is 0 Å². The van der Waals surface area contributed by atoms with E-state index in [1.807, 2.05) is 0 Å². The molecule has 0 bridgehead atoms. The van der Waals surface area contributed by atoms with E-state index in [0.29, 0.717) is 61.7 Å². The first-order valence-corrected chi connectivity index (χ1v) is 10.6. The summed E-state index contributed by atoms with van der Waals surface area (Å²) in [7, 11) is 0. The van der Waals surface area contributed by atoms with Crippen LogP contribution in [0.5, 0.6) is 5.88 Å². The molecule has 33 heavy (non-hydrogen) atoms. The minimum Gasteiger partial charge on any atom is -0.475 e. The van der Waals surface area contributed by atoms with Crippen LogP contribution in [-0.4, -0.2) is 57.5 Å². The Balaban J connectivity index is 1.30. The van der Waals surface area contributed by atoms with Gasteiger partial charge in [0.1, 0.15) is 17.8 Å². The molecule has 4 heterocycles. The molecule has 1 aliphatic heterocycles. The van der Waals surface area contributed by atoms with E-state index in [0.717, 1.165) is 10.9 Å². The number of hydrogen-bond acceptors (Lipinski definition) is 7. The van der Waals surface area contributed by atoms with E-state index in [9.17, 15) is 18.0 Å². The molecule has 3 N–H and O–H groups in total. The number of amides is 1. The molecule has 0 aromatic carbocycles. The molecule has 1 fully saturated rings. The van der Waals surface area contributed by atoms with Crippen LogP contribution in [0.15, 0.2) is 24.5 Å². The number of hydrogen-bond donors (Lipinski definition) is 3. The highest BCUT2D eigenvalue weighted by Gasteiger charge is 2.35. The topological polar surface area (TPSA) is 114 Å². The second kappa shape index (κ2) is 8.50. The highest BCUT2D eigenvalue weighted by atomic mass is 19.4. The van der Waals surface area contributed by atoms with Gasteiger partial charge in [-0.05, 0) is 37.8 Å². The first kappa shape index (κ1) is 21.4. The number of carbonyl (C=O) groups excluding carboxylic acids is 1. The molecule has 0 radical (unpaired) electrons. The Bertz CT molecular complexity index is 1170. The van der Waals surface area contributed by atoms with Crippen LogP contribution in [0.25, 0.3) is 22.3 Å². The summed E-state index contributed by atoms with van der Waals surface area (Å²) in [5, 5.41) is 6.69. The summed E-state index contributed by atoms with van der Waals surface area (Å²) < 4.78 is 46.9. The van der Waals surface area contributed by atoms with Crippen molar-refractivity contribution in [3.05, 3.63) is 30.1 Å². The van der Waals surface area contributed by atoms with Crippen molar-refractivity contribution in [2.45, 2.75) is 44.2 Å². The molecule has 0 unspecified atom stereocenters. The Hall–Kier alpha value is -3.41. The zero-order chi connectivity index (χ0) is 23.0. The van der Waals surface area contributed by atoms with Gasteiger partial charge in [-0.15, -0.1) is 13.2 Å². The van der Waals surface area contributed by atoms with E-state index < -0.39 is 12.5 Å². The van der Waals surface area contributed by atoms with E-state index in [2.05, 4.69) is 35.3 Å². The first-order chi connectivity index (χ1) is 15.9. The summed E-state index contributed by atoms with van der Waals surface area (Å²) in [5.74, 6) is 0.450. The lowest BCUT2D eigenvalue weighted by Crippen LogP contribution is -2.33. The van der Waals surface area contributed by atoms with Gasteiger partial charge in [0.15, 0.2) is 0 Å². The van der Waals surface area contributed by atoms with Gasteiger partial charge >= 0.3 is 6.36 Å². The fraction of sp³-hybridized carbons (Fsp3) is 0.429. The van der Waals surface area contributed by atoms with Crippen molar-refractivity contribution in [2.24, 2.45) is 0 Å². The Morgan fingerprint density at radius 1 is 1.12 bits per heavy atom. The minimum atomic E-state index is -4.60. The molecule has 1 amide bonds. The lowest BCUT2D eigenvalue weighted by atomic mass is 9.93. The molecule has 3 aromatic heterocycles. The number of aromatic nitrogens is 4. The number of carbonyl (C=O) groups is 1.